The van der Waals surface area contributed by atoms with Gasteiger partial charge >= 0.3 is 0 Å². The first-order valence-corrected chi connectivity index (χ1v) is 5.48. The van der Waals surface area contributed by atoms with Gasteiger partial charge in [-0.1, -0.05) is 12.2 Å². The summed E-state index contributed by atoms with van der Waals surface area (Å²) >= 11 is 0. The molecule has 0 aromatic carbocycles. The lowest BCUT2D eigenvalue weighted by atomic mass is 10.1. The van der Waals surface area contributed by atoms with E-state index in [1.165, 1.54) is 0 Å². The van der Waals surface area contributed by atoms with Crippen molar-refractivity contribution in [2.75, 3.05) is 13.2 Å². The highest BCUT2D eigenvalue weighted by molar-refractivity contribution is 5.80. The molecule has 0 aliphatic carbocycles. The van der Waals surface area contributed by atoms with Gasteiger partial charge in [-0.2, -0.15) is 0 Å². The van der Waals surface area contributed by atoms with Crippen molar-refractivity contribution < 1.29 is 5.11 Å². The van der Waals surface area contributed by atoms with E-state index in [4.69, 9.17) is 5.73 Å². The highest BCUT2D eigenvalue weighted by atomic mass is 16.3. The minimum Gasteiger partial charge on any atom is -0.394 e. The molecule has 1 aliphatic heterocycles. The molecule has 2 atom stereocenters. The van der Waals surface area contributed by atoms with Gasteiger partial charge in [0.2, 0.25) is 0 Å². The summed E-state index contributed by atoms with van der Waals surface area (Å²) in [6.45, 7) is 4.39. The zero-order valence-corrected chi connectivity index (χ0v) is 9.85. The molecule has 0 fully saturated rings. The Bertz CT molecular complexity index is 305. The Morgan fingerprint density at radius 1 is 1.75 bits per heavy atom. The maximum atomic E-state index is 9.34. The van der Waals surface area contributed by atoms with Crippen molar-refractivity contribution in [2.24, 2.45) is 15.7 Å². The Morgan fingerprint density at radius 3 is 3.12 bits per heavy atom. The van der Waals surface area contributed by atoms with E-state index in [9.17, 15) is 5.11 Å². The topological polar surface area (TPSA) is 83.0 Å². The zero-order valence-electron chi connectivity index (χ0n) is 9.85. The molecule has 0 radical (unpaired) electrons. The Labute approximate surface area is 96.2 Å². The third-order valence-corrected chi connectivity index (χ3v) is 2.33. The average Bonchev–Trinajstić information content (AvgIpc) is 2.30. The first-order valence-electron chi connectivity index (χ1n) is 5.48. The largest absolute Gasteiger partial charge is 0.394 e. The second kappa shape index (κ2) is 6.27. The average molecular weight is 224 g/mol. The Morgan fingerprint density at radius 2 is 2.50 bits per heavy atom. The van der Waals surface area contributed by atoms with Gasteiger partial charge in [-0.05, 0) is 20.3 Å². The molecule has 5 nitrogen and oxygen atoms in total. The van der Waals surface area contributed by atoms with E-state index in [-0.39, 0.29) is 18.7 Å². The highest BCUT2D eigenvalue weighted by Crippen LogP contribution is 2.05. The molecular weight excluding hydrogens is 204 g/mol. The van der Waals surface area contributed by atoms with Crippen LogP contribution in [-0.2, 0) is 0 Å². The van der Waals surface area contributed by atoms with Crippen molar-refractivity contribution in [1.82, 2.24) is 5.32 Å². The summed E-state index contributed by atoms with van der Waals surface area (Å²) in [5.41, 5.74) is 5.58. The summed E-state index contributed by atoms with van der Waals surface area (Å²) in [5, 5.41) is 12.5. The first-order chi connectivity index (χ1) is 7.63. The monoisotopic (exact) mass is 224 g/mol. The lowest BCUT2D eigenvalue weighted by Crippen LogP contribution is -2.44. The molecule has 5 heteroatoms. The first kappa shape index (κ1) is 12.7. The Hall–Kier alpha value is -1.36. The van der Waals surface area contributed by atoms with Crippen LogP contribution in [-0.4, -0.2) is 42.0 Å². The SMILES string of the molecule is CC(N)=NC1C=CCCN=C(C)NC1CO. The summed E-state index contributed by atoms with van der Waals surface area (Å²) in [7, 11) is 0. The summed E-state index contributed by atoms with van der Waals surface area (Å²) < 4.78 is 0. The molecule has 2 unspecified atom stereocenters. The molecule has 1 heterocycles. The molecule has 1 aliphatic rings. The summed E-state index contributed by atoms with van der Waals surface area (Å²) in [6.07, 6.45) is 4.88. The molecule has 0 saturated carbocycles. The van der Waals surface area contributed by atoms with Crippen molar-refractivity contribution in [3.8, 4) is 0 Å². The van der Waals surface area contributed by atoms with Crippen LogP contribution < -0.4 is 11.1 Å². The number of nitrogens with zero attached hydrogens (tertiary/aromatic N) is 2. The molecule has 0 bridgehead atoms. The number of aliphatic hydroxyl groups excluding tert-OH is 1. The number of rotatable bonds is 2. The molecule has 0 spiro atoms. The fraction of sp³-hybridized carbons (Fsp3) is 0.636. The van der Waals surface area contributed by atoms with Gasteiger partial charge in [0, 0.05) is 6.54 Å². The van der Waals surface area contributed by atoms with Gasteiger partial charge < -0.3 is 16.2 Å². The van der Waals surface area contributed by atoms with E-state index in [0.29, 0.717) is 5.84 Å². The lowest BCUT2D eigenvalue weighted by molar-refractivity contribution is 0.247. The predicted octanol–water partition coefficient (Wildman–Crippen LogP) is 0.0609. The zero-order chi connectivity index (χ0) is 12.0. The van der Waals surface area contributed by atoms with Crippen LogP contribution in [0, 0.1) is 0 Å². The van der Waals surface area contributed by atoms with Crippen LogP contribution in [0.2, 0.25) is 0 Å². The number of aliphatic hydroxyl groups is 1. The van der Waals surface area contributed by atoms with Gasteiger partial charge in [0.25, 0.3) is 0 Å². The smallest absolute Gasteiger partial charge is 0.0935 e. The van der Waals surface area contributed by atoms with Crippen LogP contribution in [0.4, 0.5) is 0 Å². The van der Waals surface area contributed by atoms with Crippen molar-refractivity contribution in [1.29, 1.82) is 0 Å². The van der Waals surface area contributed by atoms with Gasteiger partial charge in [0.05, 0.1) is 30.4 Å². The number of nitrogens with one attached hydrogen (secondary N) is 1. The van der Waals surface area contributed by atoms with Crippen molar-refractivity contribution in [3.05, 3.63) is 12.2 Å². The number of amidine groups is 2. The second-order valence-electron chi connectivity index (χ2n) is 3.88. The van der Waals surface area contributed by atoms with E-state index in [0.717, 1.165) is 18.8 Å². The van der Waals surface area contributed by atoms with E-state index in [1.807, 2.05) is 19.1 Å². The lowest BCUT2D eigenvalue weighted by Gasteiger charge is -2.21. The maximum Gasteiger partial charge on any atom is 0.0935 e. The Balaban J connectivity index is 2.87. The fourth-order valence-electron chi connectivity index (χ4n) is 1.60. The van der Waals surface area contributed by atoms with E-state index < -0.39 is 0 Å². The molecule has 4 N–H and O–H groups in total. The fourth-order valence-corrected chi connectivity index (χ4v) is 1.60. The van der Waals surface area contributed by atoms with Gasteiger partial charge in [-0.25, -0.2) is 0 Å². The summed E-state index contributed by atoms with van der Waals surface area (Å²) in [5.74, 6) is 1.35. The third-order valence-electron chi connectivity index (χ3n) is 2.33. The number of aliphatic imine (C=N–C) groups is 2. The van der Waals surface area contributed by atoms with Gasteiger partial charge in [-0.3, -0.25) is 9.98 Å². The highest BCUT2D eigenvalue weighted by Gasteiger charge is 2.18. The molecule has 0 aromatic heterocycles. The van der Waals surface area contributed by atoms with E-state index in [1.54, 1.807) is 6.92 Å². The minimum atomic E-state index is -0.170. The second-order valence-corrected chi connectivity index (χ2v) is 3.88. The molecule has 0 amide bonds. The van der Waals surface area contributed by atoms with Crippen molar-refractivity contribution in [3.63, 3.8) is 0 Å². The van der Waals surface area contributed by atoms with Gasteiger partial charge in [0.15, 0.2) is 0 Å². The quantitative estimate of drug-likeness (QED) is 0.352. The van der Waals surface area contributed by atoms with E-state index in [2.05, 4.69) is 15.3 Å². The van der Waals surface area contributed by atoms with Crippen molar-refractivity contribution in [2.45, 2.75) is 32.4 Å². The van der Waals surface area contributed by atoms with E-state index >= 15 is 0 Å². The van der Waals surface area contributed by atoms with Crippen LogP contribution in [0.15, 0.2) is 22.1 Å². The van der Waals surface area contributed by atoms with Crippen LogP contribution in [0.1, 0.15) is 20.3 Å². The molecule has 0 aromatic rings. The predicted molar refractivity (Wildman–Crippen MR) is 66.8 cm³/mol. The van der Waals surface area contributed by atoms with Crippen LogP contribution in [0.25, 0.3) is 0 Å². The third kappa shape index (κ3) is 4.02. The number of hydrogen-bond acceptors (Lipinski definition) is 4. The van der Waals surface area contributed by atoms with Crippen molar-refractivity contribution >= 4 is 11.7 Å². The molecule has 1 rings (SSSR count). The maximum absolute atomic E-state index is 9.34. The van der Waals surface area contributed by atoms with Crippen LogP contribution >= 0.6 is 0 Å². The number of hydrogen-bond donors (Lipinski definition) is 3. The standard InChI is InChI=1S/C11H20N4O/c1-8(12)14-10-5-3-4-6-13-9(2)15-11(10)7-16/h3,5,10-11,16H,4,6-7H2,1-2H3,(H2,12,14)(H,13,15). The minimum absolute atomic E-state index is 0.00134. The Kier molecular flexibility index (Phi) is 4.98. The summed E-state index contributed by atoms with van der Waals surface area (Å²) in [6, 6.07) is -0.310. The van der Waals surface area contributed by atoms with Gasteiger partial charge in [0.1, 0.15) is 0 Å². The molecule has 90 valence electrons. The molecular formula is C11H20N4O. The normalized spacial score (nSPS) is 27.4. The molecule has 0 saturated heterocycles. The van der Waals surface area contributed by atoms with Crippen LogP contribution in [0.3, 0.4) is 0 Å². The molecule has 16 heavy (non-hydrogen) atoms. The summed E-state index contributed by atoms with van der Waals surface area (Å²) in [4.78, 5) is 8.62. The number of nitrogens with two attached hydrogens (primary N) is 1. The van der Waals surface area contributed by atoms with Crippen LogP contribution in [0.5, 0.6) is 0 Å². The van der Waals surface area contributed by atoms with Gasteiger partial charge in [-0.15, -0.1) is 0 Å².